The maximum Gasteiger partial charge on any atom is 0.123 e. The first-order valence-electron chi connectivity index (χ1n) is 11.2. The highest BCUT2D eigenvalue weighted by atomic mass is 19.1. The molecule has 4 aromatic rings. The molecule has 6 heteroatoms. The second-order valence-electron chi connectivity index (χ2n) is 8.57. The number of benzene rings is 3. The van der Waals surface area contributed by atoms with Crippen molar-refractivity contribution < 1.29 is 8.78 Å². The van der Waals surface area contributed by atoms with Gasteiger partial charge in [-0.05, 0) is 54.6 Å². The third-order valence-electron chi connectivity index (χ3n) is 6.22. The zero-order valence-corrected chi connectivity index (χ0v) is 18.6. The number of hydrogen-bond acceptors (Lipinski definition) is 3. The fourth-order valence-electron chi connectivity index (χ4n) is 4.32. The molecule has 168 valence electrons. The highest BCUT2D eigenvalue weighted by molar-refractivity contribution is 5.68. The van der Waals surface area contributed by atoms with Gasteiger partial charge in [0.25, 0.3) is 0 Å². The van der Waals surface area contributed by atoms with E-state index < -0.39 is 0 Å². The fourth-order valence-corrected chi connectivity index (χ4v) is 4.32. The molecule has 1 fully saturated rings. The van der Waals surface area contributed by atoms with Gasteiger partial charge in [-0.15, -0.1) is 0 Å². The minimum Gasteiger partial charge on any atom is -0.304 e. The first-order valence-corrected chi connectivity index (χ1v) is 11.2. The highest BCUT2D eigenvalue weighted by Gasteiger charge is 2.20. The Morgan fingerprint density at radius 3 is 2.09 bits per heavy atom. The van der Waals surface area contributed by atoms with Crippen LogP contribution in [0.5, 0.6) is 0 Å². The maximum atomic E-state index is 14.1. The summed E-state index contributed by atoms with van der Waals surface area (Å²) in [5.41, 5.74) is 5.63. The zero-order chi connectivity index (χ0) is 22.8. The first kappa shape index (κ1) is 21.5. The molecule has 0 unspecified atom stereocenters. The van der Waals surface area contributed by atoms with E-state index in [1.807, 2.05) is 41.2 Å². The quantitative estimate of drug-likeness (QED) is 0.421. The van der Waals surface area contributed by atoms with E-state index in [-0.39, 0.29) is 11.6 Å². The third kappa shape index (κ3) is 4.72. The third-order valence-corrected chi connectivity index (χ3v) is 6.22. The van der Waals surface area contributed by atoms with Crippen molar-refractivity contribution in [2.24, 2.45) is 0 Å². The SMILES string of the molecule is CN1CCN(Cc2cnn(-c3ccc(-c4ccc(F)cc4)cc3)c2-c2cccc(F)c2)CC1. The zero-order valence-electron chi connectivity index (χ0n) is 18.6. The Labute approximate surface area is 192 Å². The van der Waals surface area contributed by atoms with Crippen molar-refractivity contribution in [1.29, 1.82) is 0 Å². The van der Waals surface area contributed by atoms with Crippen LogP contribution in [0.25, 0.3) is 28.1 Å². The van der Waals surface area contributed by atoms with Crippen molar-refractivity contribution in [3.05, 3.63) is 96.2 Å². The standard InChI is InChI=1S/C27H26F2N4/c1-31-13-15-32(16-14-31)19-23-18-30-33(27(23)22-3-2-4-25(29)17-22)26-11-7-21(8-12-26)20-5-9-24(28)10-6-20/h2-12,17-18H,13-16,19H2,1H3. The van der Waals surface area contributed by atoms with Gasteiger partial charge >= 0.3 is 0 Å². The van der Waals surface area contributed by atoms with Crippen LogP contribution >= 0.6 is 0 Å². The van der Waals surface area contributed by atoms with Crippen LogP contribution in [0.2, 0.25) is 0 Å². The molecule has 0 bridgehead atoms. The van der Waals surface area contributed by atoms with Crippen LogP contribution in [0.4, 0.5) is 8.78 Å². The van der Waals surface area contributed by atoms with E-state index in [1.54, 1.807) is 24.3 Å². The Balaban J connectivity index is 1.50. The summed E-state index contributed by atoms with van der Waals surface area (Å²) >= 11 is 0. The van der Waals surface area contributed by atoms with E-state index in [1.165, 1.54) is 18.2 Å². The summed E-state index contributed by atoms with van der Waals surface area (Å²) in [4.78, 5) is 4.75. The van der Waals surface area contributed by atoms with Crippen molar-refractivity contribution in [1.82, 2.24) is 19.6 Å². The molecule has 0 atom stereocenters. The molecular weight excluding hydrogens is 418 g/mol. The second-order valence-corrected chi connectivity index (χ2v) is 8.57. The monoisotopic (exact) mass is 444 g/mol. The molecule has 0 aliphatic carbocycles. The van der Waals surface area contributed by atoms with Crippen molar-refractivity contribution >= 4 is 0 Å². The number of halogens is 2. The number of nitrogens with zero attached hydrogens (tertiary/aromatic N) is 4. The molecule has 0 N–H and O–H groups in total. The van der Waals surface area contributed by atoms with E-state index in [9.17, 15) is 8.78 Å². The number of hydrogen-bond donors (Lipinski definition) is 0. The number of piperazine rings is 1. The van der Waals surface area contributed by atoms with Crippen molar-refractivity contribution in [2.75, 3.05) is 33.2 Å². The summed E-state index contributed by atoms with van der Waals surface area (Å²) in [6.45, 7) is 4.84. The summed E-state index contributed by atoms with van der Waals surface area (Å²) in [6.07, 6.45) is 1.90. The Morgan fingerprint density at radius 2 is 1.42 bits per heavy atom. The van der Waals surface area contributed by atoms with Gasteiger partial charge in [-0.3, -0.25) is 4.90 Å². The molecule has 1 aromatic heterocycles. The number of aromatic nitrogens is 2. The Bertz CT molecular complexity index is 1220. The molecule has 0 amide bonds. The average molecular weight is 445 g/mol. The lowest BCUT2D eigenvalue weighted by Crippen LogP contribution is -2.43. The van der Waals surface area contributed by atoms with E-state index in [0.29, 0.717) is 0 Å². The largest absolute Gasteiger partial charge is 0.304 e. The average Bonchev–Trinajstić information content (AvgIpc) is 3.25. The molecular formula is C27H26F2N4. The number of likely N-dealkylation sites (N-methyl/N-ethyl adjacent to an activating group) is 1. The van der Waals surface area contributed by atoms with Gasteiger partial charge in [0.05, 0.1) is 17.6 Å². The Morgan fingerprint density at radius 1 is 0.758 bits per heavy atom. The van der Waals surface area contributed by atoms with Gasteiger partial charge in [0, 0.05) is 43.9 Å². The highest BCUT2D eigenvalue weighted by Crippen LogP contribution is 2.30. The van der Waals surface area contributed by atoms with Gasteiger partial charge in [0.1, 0.15) is 11.6 Å². The molecule has 33 heavy (non-hydrogen) atoms. The van der Waals surface area contributed by atoms with Crippen LogP contribution in [0, 0.1) is 11.6 Å². The van der Waals surface area contributed by atoms with Crippen LogP contribution in [0.1, 0.15) is 5.56 Å². The van der Waals surface area contributed by atoms with Crippen LogP contribution in [0.15, 0.2) is 79.0 Å². The predicted molar refractivity (Wildman–Crippen MR) is 127 cm³/mol. The predicted octanol–water partition coefficient (Wildman–Crippen LogP) is 5.23. The first-order chi connectivity index (χ1) is 16.1. The van der Waals surface area contributed by atoms with Crippen molar-refractivity contribution in [2.45, 2.75) is 6.54 Å². The lowest BCUT2D eigenvalue weighted by Gasteiger charge is -2.32. The Kier molecular flexibility index (Phi) is 6.03. The van der Waals surface area contributed by atoms with Gasteiger partial charge in [0.15, 0.2) is 0 Å². The van der Waals surface area contributed by atoms with Gasteiger partial charge in [-0.25, -0.2) is 13.5 Å². The summed E-state index contributed by atoms with van der Waals surface area (Å²) in [5, 5.41) is 4.69. The minimum absolute atomic E-state index is 0.250. The van der Waals surface area contributed by atoms with Crippen molar-refractivity contribution in [3.63, 3.8) is 0 Å². The van der Waals surface area contributed by atoms with Gasteiger partial charge in [0.2, 0.25) is 0 Å². The molecule has 0 radical (unpaired) electrons. The lowest BCUT2D eigenvalue weighted by molar-refractivity contribution is 0.148. The number of rotatable bonds is 5. The molecule has 5 rings (SSSR count). The summed E-state index contributed by atoms with van der Waals surface area (Å²) < 4.78 is 29.3. The van der Waals surface area contributed by atoms with Crippen molar-refractivity contribution in [3.8, 4) is 28.1 Å². The van der Waals surface area contributed by atoms with E-state index in [2.05, 4.69) is 16.8 Å². The van der Waals surface area contributed by atoms with E-state index in [4.69, 9.17) is 5.10 Å². The lowest BCUT2D eigenvalue weighted by atomic mass is 10.0. The molecule has 1 aliphatic rings. The normalized spacial score (nSPS) is 15.1. The minimum atomic E-state index is -0.266. The topological polar surface area (TPSA) is 24.3 Å². The smallest absolute Gasteiger partial charge is 0.123 e. The summed E-state index contributed by atoms with van der Waals surface area (Å²) in [5.74, 6) is -0.517. The fraction of sp³-hybridized carbons (Fsp3) is 0.222. The maximum absolute atomic E-state index is 14.1. The molecule has 4 nitrogen and oxygen atoms in total. The van der Waals surface area contributed by atoms with E-state index in [0.717, 1.165) is 66.4 Å². The summed E-state index contributed by atoms with van der Waals surface area (Å²) in [6, 6.07) is 21.1. The molecule has 2 heterocycles. The molecule has 1 saturated heterocycles. The molecule has 1 aliphatic heterocycles. The summed E-state index contributed by atoms with van der Waals surface area (Å²) in [7, 11) is 2.14. The Hall–Kier alpha value is -3.35. The van der Waals surface area contributed by atoms with Gasteiger partial charge in [-0.1, -0.05) is 36.4 Å². The van der Waals surface area contributed by atoms with Crippen LogP contribution < -0.4 is 0 Å². The van der Waals surface area contributed by atoms with Gasteiger partial charge in [-0.2, -0.15) is 5.10 Å². The van der Waals surface area contributed by atoms with Crippen LogP contribution in [-0.4, -0.2) is 52.8 Å². The van der Waals surface area contributed by atoms with Crippen LogP contribution in [-0.2, 0) is 6.54 Å². The molecule has 0 spiro atoms. The molecule has 0 saturated carbocycles. The van der Waals surface area contributed by atoms with E-state index >= 15 is 0 Å². The van der Waals surface area contributed by atoms with Crippen LogP contribution in [0.3, 0.4) is 0 Å². The van der Waals surface area contributed by atoms with Gasteiger partial charge < -0.3 is 4.90 Å². The molecule has 3 aromatic carbocycles. The second kappa shape index (κ2) is 9.25.